The molecule has 0 atom stereocenters. The summed E-state index contributed by atoms with van der Waals surface area (Å²) in [5.74, 6) is 0.648. The van der Waals surface area contributed by atoms with Crippen molar-refractivity contribution >= 4 is 16.8 Å². The second kappa shape index (κ2) is 5.18. The molecule has 1 saturated heterocycles. The Labute approximate surface area is 122 Å². The number of oxazole rings is 1. The molecule has 0 bridgehead atoms. The summed E-state index contributed by atoms with van der Waals surface area (Å²) in [5.41, 5.74) is 3.87. The van der Waals surface area contributed by atoms with Crippen molar-refractivity contribution in [3.05, 3.63) is 42.7 Å². The third-order valence-corrected chi connectivity index (χ3v) is 3.78. The van der Waals surface area contributed by atoms with E-state index in [4.69, 9.17) is 9.40 Å². The highest BCUT2D eigenvalue weighted by Gasteiger charge is 2.17. The molecule has 1 aliphatic rings. The number of piperazine rings is 1. The Morgan fingerprint density at radius 2 is 1.86 bits per heavy atom. The van der Waals surface area contributed by atoms with Gasteiger partial charge in [-0.2, -0.15) is 0 Å². The first kappa shape index (κ1) is 12.3. The summed E-state index contributed by atoms with van der Waals surface area (Å²) in [4.78, 5) is 11.1. The first-order valence-corrected chi connectivity index (χ1v) is 7.17. The first-order valence-electron chi connectivity index (χ1n) is 7.17. The van der Waals surface area contributed by atoms with Crippen LogP contribution >= 0.6 is 0 Å². The molecule has 1 aliphatic heterocycles. The number of benzene rings is 1. The maximum Gasteiger partial charge on any atom is 0.227 e. The molecule has 0 unspecified atom stereocenters. The van der Waals surface area contributed by atoms with Gasteiger partial charge in [-0.15, -0.1) is 0 Å². The SMILES string of the molecule is c1cc(N2CCNCC2)c2nc(-c3ccncc3)oc2c1. The van der Waals surface area contributed by atoms with Gasteiger partial charge in [0.1, 0.15) is 5.52 Å². The smallest absolute Gasteiger partial charge is 0.227 e. The van der Waals surface area contributed by atoms with Crippen LogP contribution in [-0.4, -0.2) is 36.1 Å². The van der Waals surface area contributed by atoms with Crippen molar-refractivity contribution in [2.45, 2.75) is 0 Å². The number of nitrogens with zero attached hydrogens (tertiary/aromatic N) is 3. The normalized spacial score (nSPS) is 15.5. The lowest BCUT2D eigenvalue weighted by Gasteiger charge is -2.29. The van der Waals surface area contributed by atoms with Crippen LogP contribution in [0, 0.1) is 0 Å². The second-order valence-corrected chi connectivity index (χ2v) is 5.12. The van der Waals surface area contributed by atoms with Gasteiger partial charge in [-0.1, -0.05) is 6.07 Å². The van der Waals surface area contributed by atoms with E-state index in [1.54, 1.807) is 12.4 Å². The zero-order valence-electron chi connectivity index (χ0n) is 11.6. The largest absolute Gasteiger partial charge is 0.436 e. The summed E-state index contributed by atoms with van der Waals surface area (Å²) in [7, 11) is 0. The van der Waals surface area contributed by atoms with E-state index in [9.17, 15) is 0 Å². The zero-order chi connectivity index (χ0) is 14.1. The number of fused-ring (bicyclic) bond motifs is 1. The molecule has 1 aromatic carbocycles. The fourth-order valence-electron chi connectivity index (χ4n) is 2.71. The molecular formula is C16H16N4O. The van der Waals surface area contributed by atoms with E-state index < -0.39 is 0 Å². The van der Waals surface area contributed by atoms with Gasteiger partial charge in [0.2, 0.25) is 5.89 Å². The van der Waals surface area contributed by atoms with Crippen LogP contribution in [0.2, 0.25) is 0 Å². The molecule has 0 spiro atoms. The highest BCUT2D eigenvalue weighted by atomic mass is 16.3. The third-order valence-electron chi connectivity index (χ3n) is 3.78. The Morgan fingerprint density at radius 1 is 1.05 bits per heavy atom. The van der Waals surface area contributed by atoms with Crippen molar-refractivity contribution in [3.63, 3.8) is 0 Å². The van der Waals surface area contributed by atoms with Crippen LogP contribution in [0.25, 0.3) is 22.6 Å². The van der Waals surface area contributed by atoms with Crippen molar-refractivity contribution in [1.29, 1.82) is 0 Å². The maximum absolute atomic E-state index is 5.90. The summed E-state index contributed by atoms with van der Waals surface area (Å²) in [6.45, 7) is 4.00. The van der Waals surface area contributed by atoms with Gasteiger partial charge < -0.3 is 14.6 Å². The van der Waals surface area contributed by atoms with Gasteiger partial charge in [0.25, 0.3) is 0 Å². The van der Waals surface area contributed by atoms with Crippen molar-refractivity contribution < 1.29 is 4.42 Å². The van der Waals surface area contributed by atoms with Crippen molar-refractivity contribution in [1.82, 2.24) is 15.3 Å². The molecule has 0 amide bonds. The Bertz CT molecular complexity index is 747. The van der Waals surface area contributed by atoms with E-state index in [0.29, 0.717) is 5.89 Å². The quantitative estimate of drug-likeness (QED) is 0.780. The predicted octanol–water partition coefficient (Wildman–Crippen LogP) is 2.30. The number of para-hydroxylation sites is 1. The van der Waals surface area contributed by atoms with Gasteiger partial charge in [0.15, 0.2) is 5.58 Å². The summed E-state index contributed by atoms with van der Waals surface area (Å²) in [5, 5.41) is 3.37. The lowest BCUT2D eigenvalue weighted by Crippen LogP contribution is -2.43. The van der Waals surface area contributed by atoms with Crippen LogP contribution < -0.4 is 10.2 Å². The minimum absolute atomic E-state index is 0.648. The molecule has 3 aromatic rings. The molecule has 3 heterocycles. The van der Waals surface area contributed by atoms with Crippen LogP contribution in [0.5, 0.6) is 0 Å². The molecule has 21 heavy (non-hydrogen) atoms. The van der Waals surface area contributed by atoms with Crippen molar-refractivity contribution in [2.75, 3.05) is 31.1 Å². The monoisotopic (exact) mass is 280 g/mol. The predicted molar refractivity (Wildman–Crippen MR) is 82.3 cm³/mol. The molecule has 0 aliphatic carbocycles. The topological polar surface area (TPSA) is 54.2 Å². The summed E-state index contributed by atoms with van der Waals surface area (Å²) in [6.07, 6.45) is 3.50. The molecule has 4 rings (SSSR count). The Hall–Kier alpha value is -2.40. The van der Waals surface area contributed by atoms with Gasteiger partial charge in [-0.3, -0.25) is 4.98 Å². The summed E-state index contributed by atoms with van der Waals surface area (Å²) in [6, 6.07) is 9.94. The summed E-state index contributed by atoms with van der Waals surface area (Å²) < 4.78 is 5.90. The summed E-state index contributed by atoms with van der Waals surface area (Å²) >= 11 is 0. The van der Waals surface area contributed by atoms with Gasteiger partial charge in [0, 0.05) is 44.1 Å². The van der Waals surface area contributed by atoms with Crippen LogP contribution in [-0.2, 0) is 0 Å². The molecule has 1 N–H and O–H groups in total. The minimum atomic E-state index is 0.648. The Kier molecular flexibility index (Phi) is 3.05. The number of pyridine rings is 1. The van der Waals surface area contributed by atoms with Crippen molar-refractivity contribution in [3.8, 4) is 11.5 Å². The zero-order valence-corrected chi connectivity index (χ0v) is 11.6. The van der Waals surface area contributed by atoms with Crippen LogP contribution in [0.3, 0.4) is 0 Å². The molecule has 106 valence electrons. The van der Waals surface area contributed by atoms with E-state index in [2.05, 4.69) is 21.3 Å². The molecule has 0 saturated carbocycles. The minimum Gasteiger partial charge on any atom is -0.436 e. The van der Waals surface area contributed by atoms with E-state index in [0.717, 1.165) is 48.5 Å². The number of rotatable bonds is 2. The number of hydrogen-bond acceptors (Lipinski definition) is 5. The lowest BCUT2D eigenvalue weighted by atomic mass is 10.2. The molecular weight excluding hydrogens is 264 g/mol. The Morgan fingerprint density at radius 3 is 2.67 bits per heavy atom. The van der Waals surface area contributed by atoms with E-state index in [1.807, 2.05) is 24.3 Å². The van der Waals surface area contributed by atoms with E-state index in [1.165, 1.54) is 0 Å². The lowest BCUT2D eigenvalue weighted by molar-refractivity contribution is 0.590. The molecule has 2 aromatic heterocycles. The highest BCUT2D eigenvalue weighted by molar-refractivity contribution is 5.89. The van der Waals surface area contributed by atoms with Gasteiger partial charge in [0.05, 0.1) is 5.69 Å². The second-order valence-electron chi connectivity index (χ2n) is 5.12. The van der Waals surface area contributed by atoms with Crippen LogP contribution in [0.1, 0.15) is 0 Å². The third kappa shape index (κ3) is 2.25. The number of anilines is 1. The van der Waals surface area contributed by atoms with Gasteiger partial charge >= 0.3 is 0 Å². The molecule has 5 nitrogen and oxygen atoms in total. The average Bonchev–Trinajstić information content (AvgIpc) is 3.00. The number of nitrogens with one attached hydrogen (secondary N) is 1. The Balaban J connectivity index is 1.80. The fourth-order valence-corrected chi connectivity index (χ4v) is 2.71. The molecule has 5 heteroatoms. The van der Waals surface area contributed by atoms with Gasteiger partial charge in [-0.25, -0.2) is 4.98 Å². The maximum atomic E-state index is 5.90. The average molecular weight is 280 g/mol. The van der Waals surface area contributed by atoms with Gasteiger partial charge in [-0.05, 0) is 24.3 Å². The number of aromatic nitrogens is 2. The number of hydrogen-bond donors (Lipinski definition) is 1. The standard InChI is InChI=1S/C16H16N4O/c1-2-13(20-10-8-18-9-11-20)15-14(3-1)21-16(19-15)12-4-6-17-7-5-12/h1-7,18H,8-11H2. The fraction of sp³-hybridized carbons (Fsp3) is 0.250. The van der Waals surface area contributed by atoms with E-state index in [-0.39, 0.29) is 0 Å². The van der Waals surface area contributed by atoms with Crippen LogP contribution in [0.15, 0.2) is 47.1 Å². The van der Waals surface area contributed by atoms with Crippen molar-refractivity contribution in [2.24, 2.45) is 0 Å². The first-order chi connectivity index (χ1) is 10.4. The molecule has 1 fully saturated rings. The molecule has 0 radical (unpaired) electrons. The van der Waals surface area contributed by atoms with E-state index >= 15 is 0 Å². The highest BCUT2D eigenvalue weighted by Crippen LogP contribution is 2.30. The van der Waals surface area contributed by atoms with Crippen LogP contribution in [0.4, 0.5) is 5.69 Å².